The first-order valence-electron chi connectivity index (χ1n) is 9.74. The van der Waals surface area contributed by atoms with Crippen LogP contribution in [0.15, 0.2) is 28.3 Å². The number of sulfonamides is 1. The molecule has 2 aromatic rings. The number of imidazole rings is 1. The molecule has 0 radical (unpaired) electrons. The molecule has 0 spiro atoms. The van der Waals surface area contributed by atoms with E-state index in [1.54, 1.807) is 44.6 Å². The number of aliphatic imine (C=N–C) groups is 1. The number of carbonyl (C=O) groups is 1. The predicted octanol–water partition coefficient (Wildman–Crippen LogP) is 0.937. The van der Waals surface area contributed by atoms with E-state index in [-0.39, 0.29) is 23.2 Å². The number of nitrogens with one attached hydrogen (secondary N) is 1. The summed E-state index contributed by atoms with van der Waals surface area (Å²) in [4.78, 5) is 20.5. The number of methoxy groups -OCH3 is 1. The fourth-order valence-corrected chi connectivity index (χ4v) is 4.76. The molecule has 1 aromatic heterocycles. The first-order chi connectivity index (χ1) is 14.5. The van der Waals surface area contributed by atoms with E-state index in [4.69, 9.17) is 16.2 Å². The van der Waals surface area contributed by atoms with Crippen molar-refractivity contribution in [1.29, 1.82) is 0 Å². The minimum atomic E-state index is -3.92. The van der Waals surface area contributed by atoms with Crippen molar-refractivity contribution in [3.05, 3.63) is 41.0 Å². The van der Waals surface area contributed by atoms with Crippen molar-refractivity contribution in [2.24, 2.45) is 23.5 Å². The Morgan fingerprint density at radius 2 is 2.00 bits per heavy atom. The number of ketones is 1. The van der Waals surface area contributed by atoms with E-state index in [2.05, 4.69) is 14.7 Å². The molecule has 31 heavy (non-hydrogen) atoms. The molecular weight excluding hydrogens is 420 g/mol. The zero-order chi connectivity index (χ0) is 23.3. The fraction of sp³-hybridized carbons (Fsp3) is 0.450. The van der Waals surface area contributed by atoms with Crippen LogP contribution in [0.5, 0.6) is 5.75 Å². The first kappa shape index (κ1) is 24.4. The number of rotatable bonds is 9. The molecule has 0 unspecified atom stereocenters. The van der Waals surface area contributed by atoms with Gasteiger partial charge in [-0.15, -0.1) is 0 Å². The van der Waals surface area contributed by atoms with Crippen LogP contribution in [0.1, 0.15) is 40.2 Å². The van der Waals surface area contributed by atoms with Crippen LogP contribution < -0.4 is 20.9 Å². The average molecular weight is 451 g/mol. The Morgan fingerprint density at radius 1 is 1.32 bits per heavy atom. The lowest BCUT2D eigenvalue weighted by molar-refractivity contribution is 0.0943. The second-order valence-electron chi connectivity index (χ2n) is 7.32. The standard InChI is InChI=1S/C20H30N6O4S/c1-12-11-16(30-5)13(2)14(3)18(12)31(28,29)25-20(22)24-8-6-7-15(21)17(27)19-23-9-10-26(19)4/h9-11,15H,6-8,21H2,1-5H3,(H3,22,24,25)/t15-/m1/s1. The van der Waals surface area contributed by atoms with Gasteiger partial charge in [-0.2, -0.15) is 0 Å². The van der Waals surface area contributed by atoms with Crippen molar-refractivity contribution in [2.45, 2.75) is 44.6 Å². The minimum Gasteiger partial charge on any atom is -0.496 e. The van der Waals surface area contributed by atoms with E-state index in [1.165, 1.54) is 13.3 Å². The van der Waals surface area contributed by atoms with E-state index >= 15 is 0 Å². The van der Waals surface area contributed by atoms with E-state index < -0.39 is 16.1 Å². The number of Topliss-reactive ketones (excluding diaryl/α,β-unsaturated/α-hetero) is 1. The fourth-order valence-electron chi connectivity index (χ4n) is 3.28. The van der Waals surface area contributed by atoms with Gasteiger partial charge in [0.25, 0.3) is 10.0 Å². The maximum absolute atomic E-state index is 12.8. The van der Waals surface area contributed by atoms with Crippen LogP contribution in [0.2, 0.25) is 0 Å². The van der Waals surface area contributed by atoms with Crippen molar-refractivity contribution in [3.8, 4) is 5.75 Å². The molecule has 2 rings (SSSR count). The van der Waals surface area contributed by atoms with Crippen molar-refractivity contribution < 1.29 is 17.9 Å². The summed E-state index contributed by atoms with van der Waals surface area (Å²) in [6, 6.07) is 0.950. The van der Waals surface area contributed by atoms with Crippen molar-refractivity contribution in [3.63, 3.8) is 0 Å². The lowest BCUT2D eigenvalue weighted by Gasteiger charge is -2.17. The molecule has 0 bridgehead atoms. The molecule has 0 aliphatic rings. The third kappa shape index (κ3) is 5.61. The monoisotopic (exact) mass is 450 g/mol. The molecule has 1 heterocycles. The molecule has 0 amide bonds. The Labute approximate surface area is 182 Å². The molecular formula is C20H30N6O4S. The SMILES string of the molecule is COc1cc(C)c(S(=O)(=O)NC(N)=NCCC[C@@H](N)C(=O)c2nccn2C)c(C)c1C. The van der Waals surface area contributed by atoms with Gasteiger partial charge >= 0.3 is 0 Å². The van der Waals surface area contributed by atoms with Crippen LogP contribution in [-0.2, 0) is 17.1 Å². The van der Waals surface area contributed by atoms with Gasteiger partial charge in [0.1, 0.15) is 5.75 Å². The molecule has 1 atom stereocenters. The highest BCUT2D eigenvalue weighted by Gasteiger charge is 2.23. The number of nitrogens with zero attached hydrogens (tertiary/aromatic N) is 3. The Balaban J connectivity index is 2.00. The van der Waals surface area contributed by atoms with Crippen LogP contribution in [0, 0.1) is 20.8 Å². The smallest absolute Gasteiger partial charge is 0.264 e. The second kappa shape index (κ2) is 9.92. The van der Waals surface area contributed by atoms with Gasteiger partial charge in [0.2, 0.25) is 11.7 Å². The summed E-state index contributed by atoms with van der Waals surface area (Å²) in [5, 5.41) is 0. The molecule has 11 heteroatoms. The van der Waals surface area contributed by atoms with Gasteiger partial charge in [-0.05, 0) is 56.4 Å². The van der Waals surface area contributed by atoms with Gasteiger partial charge in [0, 0.05) is 26.0 Å². The number of guanidine groups is 1. The highest BCUT2D eigenvalue weighted by Crippen LogP contribution is 2.30. The Morgan fingerprint density at radius 3 is 2.58 bits per heavy atom. The Bertz CT molecular complexity index is 1090. The number of nitrogens with two attached hydrogens (primary N) is 2. The van der Waals surface area contributed by atoms with Crippen molar-refractivity contribution >= 4 is 21.8 Å². The van der Waals surface area contributed by atoms with Crippen LogP contribution in [-0.4, -0.2) is 49.4 Å². The predicted molar refractivity (Wildman–Crippen MR) is 119 cm³/mol. The van der Waals surface area contributed by atoms with Crippen LogP contribution in [0.25, 0.3) is 0 Å². The molecule has 5 N–H and O–H groups in total. The number of hydrogen-bond donors (Lipinski definition) is 3. The number of aryl methyl sites for hydroxylation is 2. The summed E-state index contributed by atoms with van der Waals surface area (Å²) in [6.45, 7) is 5.42. The van der Waals surface area contributed by atoms with Crippen LogP contribution >= 0.6 is 0 Å². The third-order valence-corrected chi connectivity index (χ3v) is 6.68. The summed E-state index contributed by atoms with van der Waals surface area (Å²) in [5.41, 5.74) is 13.6. The van der Waals surface area contributed by atoms with E-state index in [0.29, 0.717) is 35.5 Å². The number of carbonyl (C=O) groups excluding carboxylic acids is 1. The van der Waals surface area contributed by atoms with E-state index in [0.717, 1.165) is 5.56 Å². The number of aromatic nitrogens is 2. The van der Waals surface area contributed by atoms with Crippen LogP contribution in [0.4, 0.5) is 0 Å². The maximum Gasteiger partial charge on any atom is 0.264 e. The highest BCUT2D eigenvalue weighted by atomic mass is 32.2. The minimum absolute atomic E-state index is 0.145. The topological polar surface area (TPSA) is 155 Å². The molecule has 0 saturated heterocycles. The third-order valence-electron chi connectivity index (χ3n) is 5.04. The first-order valence-corrected chi connectivity index (χ1v) is 11.2. The zero-order valence-electron chi connectivity index (χ0n) is 18.5. The molecule has 0 saturated carbocycles. The summed E-state index contributed by atoms with van der Waals surface area (Å²) in [7, 11) is -0.665. The molecule has 10 nitrogen and oxygen atoms in total. The van der Waals surface area contributed by atoms with E-state index in [9.17, 15) is 13.2 Å². The largest absolute Gasteiger partial charge is 0.496 e. The quantitative estimate of drug-likeness (QED) is 0.222. The van der Waals surface area contributed by atoms with Gasteiger partial charge in [-0.3, -0.25) is 9.79 Å². The maximum atomic E-state index is 12.8. The van der Waals surface area contributed by atoms with Crippen LogP contribution in [0.3, 0.4) is 0 Å². The second-order valence-corrected chi connectivity index (χ2v) is 8.94. The van der Waals surface area contributed by atoms with Crippen molar-refractivity contribution in [1.82, 2.24) is 14.3 Å². The highest BCUT2D eigenvalue weighted by molar-refractivity contribution is 7.90. The van der Waals surface area contributed by atoms with Gasteiger partial charge in [0.15, 0.2) is 5.82 Å². The zero-order valence-corrected chi connectivity index (χ0v) is 19.3. The normalized spacial score (nSPS) is 13.2. The number of benzene rings is 1. The molecule has 0 fully saturated rings. The average Bonchev–Trinajstić information content (AvgIpc) is 3.12. The van der Waals surface area contributed by atoms with Gasteiger partial charge in [0.05, 0.1) is 18.0 Å². The molecule has 0 aliphatic heterocycles. The van der Waals surface area contributed by atoms with Gasteiger partial charge in [-0.1, -0.05) is 0 Å². The molecule has 170 valence electrons. The number of hydrogen-bond acceptors (Lipinski definition) is 7. The summed E-state index contributed by atoms with van der Waals surface area (Å²) in [6.07, 6.45) is 4.03. The summed E-state index contributed by atoms with van der Waals surface area (Å²) < 4.78 is 34.9. The van der Waals surface area contributed by atoms with E-state index in [1.807, 2.05) is 0 Å². The summed E-state index contributed by atoms with van der Waals surface area (Å²) >= 11 is 0. The molecule has 1 aromatic carbocycles. The lowest BCUT2D eigenvalue weighted by Crippen LogP contribution is -2.37. The lowest BCUT2D eigenvalue weighted by atomic mass is 10.1. The van der Waals surface area contributed by atoms with Gasteiger partial charge < -0.3 is 20.8 Å². The Kier molecular flexibility index (Phi) is 7.80. The Hall–Kier alpha value is -2.92. The summed E-state index contributed by atoms with van der Waals surface area (Å²) in [5.74, 6) is 0.429. The number of ether oxygens (including phenoxy) is 1. The van der Waals surface area contributed by atoms with Gasteiger partial charge in [-0.25, -0.2) is 18.1 Å². The van der Waals surface area contributed by atoms with Crippen molar-refractivity contribution in [2.75, 3.05) is 13.7 Å². The molecule has 0 aliphatic carbocycles.